The Labute approximate surface area is 190 Å². The molecule has 0 atom stereocenters. The lowest BCUT2D eigenvalue weighted by atomic mass is 10.2. The molecule has 0 bridgehead atoms. The van der Waals surface area contributed by atoms with Crippen LogP contribution in [0.15, 0.2) is 78.9 Å². The van der Waals surface area contributed by atoms with E-state index in [1.807, 2.05) is 72.8 Å². The molecular formula is C25H21N5O3. The van der Waals surface area contributed by atoms with Gasteiger partial charge in [-0.2, -0.15) is 5.21 Å². The standard InChI is InChI=1S/C25H21N5O3/c1-31-24-14-19(25-27-29-30-28-25)10-12-23(24)33-15-17-5-4-7-21(13-17)32-16-20-11-9-18-6-2-3-8-22(18)26-20/h2-14H,15-16H2,1H3,(H,27,28,29,30). The number of methoxy groups -OCH3 is 1. The minimum Gasteiger partial charge on any atom is -0.493 e. The van der Waals surface area contributed by atoms with Gasteiger partial charge in [0.05, 0.1) is 18.3 Å². The van der Waals surface area contributed by atoms with Crippen LogP contribution in [0.25, 0.3) is 22.3 Å². The van der Waals surface area contributed by atoms with E-state index in [4.69, 9.17) is 14.2 Å². The number of benzene rings is 3. The summed E-state index contributed by atoms with van der Waals surface area (Å²) in [5, 5.41) is 15.1. The van der Waals surface area contributed by atoms with E-state index in [9.17, 15) is 0 Å². The van der Waals surface area contributed by atoms with Crippen molar-refractivity contribution in [2.45, 2.75) is 13.2 Å². The first-order valence-corrected chi connectivity index (χ1v) is 10.4. The van der Waals surface area contributed by atoms with Crippen LogP contribution in [0, 0.1) is 0 Å². The Kier molecular flexibility index (Phi) is 5.79. The third kappa shape index (κ3) is 4.74. The van der Waals surface area contributed by atoms with Gasteiger partial charge in [0.25, 0.3) is 0 Å². The third-order valence-corrected chi connectivity index (χ3v) is 5.10. The number of pyridine rings is 1. The van der Waals surface area contributed by atoms with Gasteiger partial charge in [-0.1, -0.05) is 36.4 Å². The molecule has 0 saturated carbocycles. The van der Waals surface area contributed by atoms with Crippen LogP contribution in [0.5, 0.6) is 17.2 Å². The number of hydrogen-bond donors (Lipinski definition) is 1. The molecule has 1 N–H and O–H groups in total. The summed E-state index contributed by atoms with van der Waals surface area (Å²) in [5.74, 6) is 2.46. The molecule has 8 heteroatoms. The molecule has 0 saturated heterocycles. The maximum Gasteiger partial charge on any atom is 0.204 e. The van der Waals surface area contributed by atoms with Crippen LogP contribution in [0.4, 0.5) is 0 Å². The molecule has 0 fully saturated rings. The van der Waals surface area contributed by atoms with Crippen LogP contribution in [0.3, 0.4) is 0 Å². The second-order valence-electron chi connectivity index (χ2n) is 7.32. The molecule has 8 nitrogen and oxygen atoms in total. The Balaban J connectivity index is 1.24. The number of nitrogens with zero attached hydrogens (tertiary/aromatic N) is 4. The van der Waals surface area contributed by atoms with E-state index in [1.54, 1.807) is 7.11 Å². The predicted octanol–water partition coefficient (Wildman–Crippen LogP) is 4.58. The highest BCUT2D eigenvalue weighted by Crippen LogP contribution is 2.32. The molecule has 0 aliphatic carbocycles. The smallest absolute Gasteiger partial charge is 0.204 e. The fraction of sp³-hybridized carbons (Fsp3) is 0.120. The maximum absolute atomic E-state index is 6.00. The van der Waals surface area contributed by atoms with Gasteiger partial charge < -0.3 is 14.2 Å². The van der Waals surface area contributed by atoms with Gasteiger partial charge in [0.1, 0.15) is 19.0 Å². The summed E-state index contributed by atoms with van der Waals surface area (Å²) in [4.78, 5) is 4.65. The highest BCUT2D eigenvalue weighted by molar-refractivity contribution is 5.78. The SMILES string of the molecule is COc1cc(-c2nn[nH]n2)ccc1OCc1cccc(OCc2ccc3ccccc3n2)c1. The van der Waals surface area contributed by atoms with E-state index in [1.165, 1.54) is 0 Å². The molecule has 0 amide bonds. The zero-order valence-corrected chi connectivity index (χ0v) is 17.9. The summed E-state index contributed by atoms with van der Waals surface area (Å²) in [7, 11) is 1.59. The molecule has 164 valence electrons. The van der Waals surface area contributed by atoms with Crippen molar-refractivity contribution in [1.82, 2.24) is 25.6 Å². The zero-order valence-electron chi connectivity index (χ0n) is 17.9. The monoisotopic (exact) mass is 439 g/mol. The third-order valence-electron chi connectivity index (χ3n) is 5.10. The van der Waals surface area contributed by atoms with Gasteiger partial charge in [-0.3, -0.25) is 0 Å². The van der Waals surface area contributed by atoms with Crippen molar-refractivity contribution in [2.24, 2.45) is 0 Å². The summed E-state index contributed by atoms with van der Waals surface area (Å²) in [5.41, 5.74) is 3.59. The van der Waals surface area contributed by atoms with Crippen LogP contribution < -0.4 is 14.2 Å². The Hall–Kier alpha value is -4.46. The highest BCUT2D eigenvalue weighted by Gasteiger charge is 2.10. The van der Waals surface area contributed by atoms with Crippen LogP contribution in [0.1, 0.15) is 11.3 Å². The van der Waals surface area contributed by atoms with Crippen molar-refractivity contribution in [3.8, 4) is 28.6 Å². The number of ether oxygens (including phenoxy) is 3. The minimum absolute atomic E-state index is 0.364. The number of para-hydroxylation sites is 1. The highest BCUT2D eigenvalue weighted by atomic mass is 16.5. The number of H-pyrrole nitrogens is 1. The number of tetrazole rings is 1. The van der Waals surface area contributed by atoms with Crippen LogP contribution in [-0.2, 0) is 13.2 Å². The lowest BCUT2D eigenvalue weighted by molar-refractivity contribution is 0.280. The number of nitrogens with one attached hydrogen (secondary N) is 1. The fourth-order valence-corrected chi connectivity index (χ4v) is 3.44. The van der Waals surface area contributed by atoms with Crippen molar-refractivity contribution in [2.75, 3.05) is 7.11 Å². The van der Waals surface area contributed by atoms with Crippen LogP contribution >= 0.6 is 0 Å². The van der Waals surface area contributed by atoms with E-state index in [0.717, 1.165) is 33.5 Å². The summed E-state index contributed by atoms with van der Waals surface area (Å²) in [6.07, 6.45) is 0. The Morgan fingerprint density at radius 2 is 1.76 bits per heavy atom. The first kappa shape index (κ1) is 20.4. The number of fused-ring (bicyclic) bond motifs is 1. The molecule has 0 radical (unpaired) electrons. The van der Waals surface area contributed by atoms with Gasteiger partial charge in [-0.25, -0.2) is 4.98 Å². The summed E-state index contributed by atoms with van der Waals surface area (Å²) >= 11 is 0. The number of aromatic nitrogens is 5. The first-order valence-electron chi connectivity index (χ1n) is 10.4. The van der Waals surface area contributed by atoms with Crippen molar-refractivity contribution in [3.05, 3.63) is 90.1 Å². The topological polar surface area (TPSA) is 95.0 Å². The van der Waals surface area contributed by atoms with Gasteiger partial charge in [0, 0.05) is 10.9 Å². The molecule has 0 aliphatic rings. The molecule has 0 aliphatic heterocycles. The van der Waals surface area contributed by atoms with E-state index in [0.29, 0.717) is 30.5 Å². The average Bonchev–Trinajstić information content (AvgIpc) is 3.41. The molecule has 33 heavy (non-hydrogen) atoms. The van der Waals surface area contributed by atoms with Crippen LogP contribution in [-0.4, -0.2) is 32.7 Å². The maximum atomic E-state index is 6.00. The van der Waals surface area contributed by atoms with E-state index in [-0.39, 0.29) is 0 Å². The van der Waals surface area contributed by atoms with Crippen molar-refractivity contribution < 1.29 is 14.2 Å². The Morgan fingerprint density at radius 1 is 0.818 bits per heavy atom. The molecule has 3 aromatic carbocycles. The quantitative estimate of drug-likeness (QED) is 0.378. The van der Waals surface area contributed by atoms with Gasteiger partial charge in [0.2, 0.25) is 5.82 Å². The molecule has 5 rings (SSSR count). The van der Waals surface area contributed by atoms with Crippen molar-refractivity contribution in [3.63, 3.8) is 0 Å². The minimum atomic E-state index is 0.364. The second-order valence-corrected chi connectivity index (χ2v) is 7.32. The summed E-state index contributed by atoms with van der Waals surface area (Å²) in [6.45, 7) is 0.754. The predicted molar refractivity (Wildman–Crippen MR) is 123 cm³/mol. The van der Waals surface area contributed by atoms with E-state index < -0.39 is 0 Å². The van der Waals surface area contributed by atoms with Crippen molar-refractivity contribution in [1.29, 1.82) is 0 Å². The number of hydrogen-bond acceptors (Lipinski definition) is 7. The zero-order chi connectivity index (χ0) is 22.5. The Bertz CT molecular complexity index is 1370. The molecule has 5 aromatic rings. The number of rotatable bonds is 8. The van der Waals surface area contributed by atoms with Gasteiger partial charge in [-0.05, 0) is 53.2 Å². The normalized spacial score (nSPS) is 10.8. The largest absolute Gasteiger partial charge is 0.493 e. The van der Waals surface area contributed by atoms with E-state index >= 15 is 0 Å². The first-order chi connectivity index (χ1) is 16.3. The lowest BCUT2D eigenvalue weighted by Crippen LogP contribution is -2.01. The molecule has 2 heterocycles. The summed E-state index contributed by atoms with van der Waals surface area (Å²) < 4.78 is 17.4. The molecule has 2 aromatic heterocycles. The fourth-order valence-electron chi connectivity index (χ4n) is 3.44. The average molecular weight is 439 g/mol. The molecule has 0 unspecified atom stereocenters. The van der Waals surface area contributed by atoms with Gasteiger partial charge >= 0.3 is 0 Å². The van der Waals surface area contributed by atoms with E-state index in [2.05, 4.69) is 31.7 Å². The number of aromatic amines is 1. The van der Waals surface area contributed by atoms with Gasteiger partial charge in [-0.15, -0.1) is 10.2 Å². The van der Waals surface area contributed by atoms with Crippen molar-refractivity contribution >= 4 is 10.9 Å². The lowest BCUT2D eigenvalue weighted by Gasteiger charge is -2.12. The molecule has 0 spiro atoms. The van der Waals surface area contributed by atoms with Crippen LogP contribution in [0.2, 0.25) is 0 Å². The molecular weight excluding hydrogens is 418 g/mol. The second kappa shape index (κ2) is 9.35. The Morgan fingerprint density at radius 3 is 2.64 bits per heavy atom. The van der Waals surface area contributed by atoms with Gasteiger partial charge in [0.15, 0.2) is 11.5 Å². The summed E-state index contributed by atoms with van der Waals surface area (Å²) in [6, 6.07) is 25.4.